The molecule has 2 N–H and O–H groups in total. The molecule has 0 saturated carbocycles. The van der Waals surface area contributed by atoms with Crippen molar-refractivity contribution in [2.75, 3.05) is 19.6 Å². The fourth-order valence-corrected chi connectivity index (χ4v) is 2.07. The Labute approximate surface area is 105 Å². The first-order chi connectivity index (χ1) is 8.66. The quantitative estimate of drug-likeness (QED) is 0.848. The third-order valence-corrected chi connectivity index (χ3v) is 3.15. The van der Waals surface area contributed by atoms with Crippen LogP contribution in [0.2, 0.25) is 0 Å². The normalized spacial score (nSPS) is 18.9. The molecule has 98 valence electrons. The Morgan fingerprint density at radius 3 is 2.72 bits per heavy atom. The summed E-state index contributed by atoms with van der Waals surface area (Å²) in [4.78, 5) is 11.6. The largest absolute Gasteiger partial charge is 0.355 e. The van der Waals surface area contributed by atoms with E-state index in [1.54, 1.807) is 0 Å². The van der Waals surface area contributed by atoms with E-state index in [9.17, 15) is 13.6 Å². The molecule has 1 aromatic rings. The Morgan fingerprint density at radius 1 is 1.39 bits per heavy atom. The van der Waals surface area contributed by atoms with E-state index in [1.165, 1.54) is 6.07 Å². The van der Waals surface area contributed by atoms with Crippen LogP contribution in [0.5, 0.6) is 0 Å². The van der Waals surface area contributed by atoms with Crippen LogP contribution in [0.15, 0.2) is 18.2 Å². The lowest BCUT2D eigenvalue weighted by molar-refractivity contribution is -0.120. The molecule has 1 atom stereocenters. The molecule has 3 nitrogen and oxygen atoms in total. The monoisotopic (exact) mass is 254 g/mol. The van der Waals surface area contributed by atoms with Gasteiger partial charge in [0.05, 0.1) is 6.42 Å². The summed E-state index contributed by atoms with van der Waals surface area (Å²) in [7, 11) is 0. The Hall–Kier alpha value is -1.49. The maximum Gasteiger partial charge on any atom is 0.224 e. The number of nitrogens with one attached hydrogen (secondary N) is 2. The van der Waals surface area contributed by atoms with Gasteiger partial charge in [-0.1, -0.05) is 6.07 Å². The van der Waals surface area contributed by atoms with Gasteiger partial charge in [-0.3, -0.25) is 4.79 Å². The van der Waals surface area contributed by atoms with Gasteiger partial charge in [0.2, 0.25) is 5.91 Å². The zero-order valence-corrected chi connectivity index (χ0v) is 10.0. The van der Waals surface area contributed by atoms with E-state index in [0.717, 1.165) is 31.6 Å². The highest BCUT2D eigenvalue weighted by Gasteiger charge is 2.17. The van der Waals surface area contributed by atoms with Crippen LogP contribution in [0, 0.1) is 17.6 Å². The average molecular weight is 254 g/mol. The molecule has 18 heavy (non-hydrogen) atoms. The zero-order chi connectivity index (χ0) is 13.0. The van der Waals surface area contributed by atoms with Crippen molar-refractivity contribution >= 4 is 5.91 Å². The summed E-state index contributed by atoms with van der Waals surface area (Å²) in [5.74, 6) is -1.27. The number of hydrogen-bond donors (Lipinski definition) is 2. The molecule has 0 aromatic heterocycles. The van der Waals surface area contributed by atoms with Gasteiger partial charge in [0.25, 0.3) is 0 Å². The Kier molecular flexibility index (Phi) is 4.25. The van der Waals surface area contributed by atoms with Crippen molar-refractivity contribution in [3.8, 4) is 0 Å². The summed E-state index contributed by atoms with van der Waals surface area (Å²) in [5, 5.41) is 5.91. The number of hydrogen-bond acceptors (Lipinski definition) is 2. The minimum atomic E-state index is -0.673. The number of carbonyl (C=O) groups excluding carboxylic acids is 1. The van der Waals surface area contributed by atoms with E-state index in [1.807, 2.05) is 0 Å². The van der Waals surface area contributed by atoms with Gasteiger partial charge in [0, 0.05) is 12.1 Å². The van der Waals surface area contributed by atoms with Gasteiger partial charge in [-0.05, 0) is 37.6 Å². The molecule has 1 heterocycles. The highest BCUT2D eigenvalue weighted by Crippen LogP contribution is 2.12. The van der Waals surface area contributed by atoms with Gasteiger partial charge < -0.3 is 10.6 Å². The van der Waals surface area contributed by atoms with E-state index >= 15 is 0 Å². The van der Waals surface area contributed by atoms with Gasteiger partial charge >= 0.3 is 0 Å². The molecular weight excluding hydrogens is 238 g/mol. The molecule has 5 heteroatoms. The van der Waals surface area contributed by atoms with Crippen LogP contribution in [0.1, 0.15) is 12.0 Å². The van der Waals surface area contributed by atoms with Crippen molar-refractivity contribution in [2.24, 2.45) is 5.92 Å². The Bertz CT molecular complexity index is 411. The summed E-state index contributed by atoms with van der Waals surface area (Å²) in [6.07, 6.45) is 0.771. The summed E-state index contributed by atoms with van der Waals surface area (Å²) in [6.45, 7) is 2.40. The molecule has 1 saturated heterocycles. The molecule has 0 bridgehead atoms. The molecule has 1 fully saturated rings. The molecule has 1 amide bonds. The zero-order valence-electron chi connectivity index (χ0n) is 10.0. The fourth-order valence-electron chi connectivity index (χ4n) is 2.07. The molecule has 1 aromatic carbocycles. The third-order valence-electron chi connectivity index (χ3n) is 3.15. The third kappa shape index (κ3) is 3.26. The Balaban J connectivity index is 1.86. The fraction of sp³-hybridized carbons (Fsp3) is 0.462. The first kappa shape index (κ1) is 13.0. The van der Waals surface area contributed by atoms with Gasteiger partial charge in [0.15, 0.2) is 0 Å². The maximum absolute atomic E-state index is 13.3. The summed E-state index contributed by atoms with van der Waals surface area (Å²) < 4.78 is 26.6. The number of rotatable bonds is 4. The van der Waals surface area contributed by atoms with Gasteiger partial charge in [-0.15, -0.1) is 0 Å². The molecule has 2 rings (SSSR count). The van der Waals surface area contributed by atoms with Crippen LogP contribution in [0.3, 0.4) is 0 Å². The number of carbonyl (C=O) groups is 1. The smallest absolute Gasteiger partial charge is 0.224 e. The van der Waals surface area contributed by atoms with Crippen molar-refractivity contribution in [3.05, 3.63) is 35.4 Å². The number of benzene rings is 1. The molecule has 1 aliphatic heterocycles. The van der Waals surface area contributed by atoms with Crippen LogP contribution >= 0.6 is 0 Å². The van der Waals surface area contributed by atoms with E-state index in [2.05, 4.69) is 10.6 Å². The topological polar surface area (TPSA) is 41.1 Å². The minimum Gasteiger partial charge on any atom is -0.355 e. The predicted molar refractivity (Wildman–Crippen MR) is 64.0 cm³/mol. The van der Waals surface area contributed by atoms with Gasteiger partial charge in [-0.2, -0.15) is 0 Å². The Morgan fingerprint density at radius 2 is 2.11 bits per heavy atom. The van der Waals surface area contributed by atoms with Crippen molar-refractivity contribution in [3.63, 3.8) is 0 Å². The maximum atomic E-state index is 13.3. The standard InChI is InChI=1S/C13H16F2N2O/c14-11-2-1-3-12(15)10(11)6-13(18)17-8-9-4-5-16-7-9/h1-3,9,16H,4-8H2,(H,17,18). The van der Waals surface area contributed by atoms with Crippen LogP contribution in [0.25, 0.3) is 0 Å². The second-order valence-electron chi connectivity index (χ2n) is 4.54. The number of amides is 1. The molecular formula is C13H16F2N2O. The highest BCUT2D eigenvalue weighted by atomic mass is 19.1. The molecule has 0 radical (unpaired) electrons. The highest BCUT2D eigenvalue weighted by molar-refractivity contribution is 5.78. The van der Waals surface area contributed by atoms with Crippen LogP contribution in [0.4, 0.5) is 8.78 Å². The number of halogens is 2. The van der Waals surface area contributed by atoms with Crippen molar-refractivity contribution in [1.82, 2.24) is 10.6 Å². The minimum absolute atomic E-state index is 0.167. The van der Waals surface area contributed by atoms with Crippen molar-refractivity contribution < 1.29 is 13.6 Å². The first-order valence-electron chi connectivity index (χ1n) is 6.07. The lowest BCUT2D eigenvalue weighted by Gasteiger charge is -2.10. The summed E-state index contributed by atoms with van der Waals surface area (Å²) >= 11 is 0. The average Bonchev–Trinajstić information content (AvgIpc) is 2.84. The predicted octanol–water partition coefficient (Wildman–Crippen LogP) is 1.23. The lowest BCUT2D eigenvalue weighted by Crippen LogP contribution is -2.31. The van der Waals surface area contributed by atoms with E-state index in [0.29, 0.717) is 12.5 Å². The SMILES string of the molecule is O=C(Cc1c(F)cccc1F)NCC1CCNC1. The van der Waals surface area contributed by atoms with Crippen LogP contribution in [-0.2, 0) is 11.2 Å². The second-order valence-corrected chi connectivity index (χ2v) is 4.54. The van der Waals surface area contributed by atoms with Gasteiger partial charge in [0.1, 0.15) is 11.6 Å². The van der Waals surface area contributed by atoms with Crippen LogP contribution < -0.4 is 10.6 Å². The summed E-state index contributed by atoms with van der Waals surface area (Å²) in [5.41, 5.74) is -0.167. The van der Waals surface area contributed by atoms with E-state index in [-0.39, 0.29) is 17.9 Å². The first-order valence-corrected chi connectivity index (χ1v) is 6.07. The summed E-state index contributed by atoms with van der Waals surface area (Å²) in [6, 6.07) is 3.61. The molecule has 0 aliphatic carbocycles. The van der Waals surface area contributed by atoms with Crippen molar-refractivity contribution in [1.29, 1.82) is 0 Å². The van der Waals surface area contributed by atoms with Gasteiger partial charge in [-0.25, -0.2) is 8.78 Å². The van der Waals surface area contributed by atoms with E-state index in [4.69, 9.17) is 0 Å². The molecule has 1 unspecified atom stereocenters. The van der Waals surface area contributed by atoms with Crippen molar-refractivity contribution in [2.45, 2.75) is 12.8 Å². The van der Waals surface area contributed by atoms with E-state index < -0.39 is 11.6 Å². The van der Waals surface area contributed by atoms with Crippen LogP contribution in [-0.4, -0.2) is 25.5 Å². The lowest BCUT2D eigenvalue weighted by atomic mass is 10.1. The molecule has 1 aliphatic rings. The molecule has 0 spiro atoms. The second kappa shape index (κ2) is 5.91.